The van der Waals surface area contributed by atoms with E-state index in [9.17, 15) is 0 Å². The van der Waals surface area contributed by atoms with Crippen molar-refractivity contribution in [1.82, 2.24) is 9.88 Å². The number of anilines is 1. The fraction of sp³-hybridized carbons (Fsp3) is 0.353. The van der Waals surface area contributed by atoms with Crippen molar-refractivity contribution in [3.63, 3.8) is 0 Å². The van der Waals surface area contributed by atoms with Gasteiger partial charge in [0.1, 0.15) is 5.82 Å². The van der Waals surface area contributed by atoms with Crippen LogP contribution in [-0.4, -0.2) is 30.0 Å². The third-order valence-electron chi connectivity index (χ3n) is 3.35. The minimum absolute atomic E-state index is 0.939. The molecule has 1 aromatic carbocycles. The summed E-state index contributed by atoms with van der Waals surface area (Å²) >= 11 is 3.43. The highest BCUT2D eigenvalue weighted by Crippen LogP contribution is 2.16. The molecule has 0 saturated heterocycles. The van der Waals surface area contributed by atoms with E-state index in [-0.39, 0.29) is 0 Å². The molecule has 0 atom stereocenters. The van der Waals surface area contributed by atoms with E-state index in [0.29, 0.717) is 0 Å². The second-order valence-electron chi connectivity index (χ2n) is 5.32. The van der Waals surface area contributed by atoms with Crippen molar-refractivity contribution in [3.8, 4) is 0 Å². The van der Waals surface area contributed by atoms with Gasteiger partial charge in [0.15, 0.2) is 0 Å². The third-order valence-corrected chi connectivity index (χ3v) is 3.78. The van der Waals surface area contributed by atoms with E-state index in [1.54, 1.807) is 0 Å². The van der Waals surface area contributed by atoms with Gasteiger partial charge in [-0.3, -0.25) is 0 Å². The van der Waals surface area contributed by atoms with E-state index < -0.39 is 0 Å². The van der Waals surface area contributed by atoms with Crippen molar-refractivity contribution < 1.29 is 0 Å². The molecule has 0 bridgehead atoms. The fourth-order valence-corrected chi connectivity index (χ4v) is 2.70. The fourth-order valence-electron chi connectivity index (χ4n) is 2.26. The van der Waals surface area contributed by atoms with Gasteiger partial charge in [-0.05, 0) is 60.1 Å². The zero-order valence-electron chi connectivity index (χ0n) is 12.6. The zero-order valence-corrected chi connectivity index (χ0v) is 14.2. The lowest BCUT2D eigenvalue weighted by Gasteiger charge is -2.17. The maximum atomic E-state index is 4.39. The molecular weight excluding hydrogens is 326 g/mol. The Morgan fingerprint density at radius 1 is 1.24 bits per heavy atom. The summed E-state index contributed by atoms with van der Waals surface area (Å²) in [6.45, 7) is 5.07. The van der Waals surface area contributed by atoms with Crippen molar-refractivity contribution in [2.24, 2.45) is 0 Å². The highest BCUT2D eigenvalue weighted by atomic mass is 79.9. The molecule has 0 aliphatic heterocycles. The molecule has 1 aromatic heterocycles. The standard InChI is InChI=1S/C17H22BrN3/c1-14-11-16(18)12-20-17(14)19-9-6-10-21(2)13-15-7-4-3-5-8-15/h3-5,7-8,11-12H,6,9-10,13H2,1-2H3,(H,19,20). The summed E-state index contributed by atoms with van der Waals surface area (Å²) in [5, 5.41) is 3.40. The molecule has 0 amide bonds. The molecule has 3 nitrogen and oxygen atoms in total. The van der Waals surface area contributed by atoms with Gasteiger partial charge in [0.2, 0.25) is 0 Å². The average Bonchev–Trinajstić information content (AvgIpc) is 2.46. The number of hydrogen-bond donors (Lipinski definition) is 1. The van der Waals surface area contributed by atoms with Gasteiger partial charge >= 0.3 is 0 Å². The Bertz CT molecular complexity index is 557. The van der Waals surface area contributed by atoms with Gasteiger partial charge in [0.05, 0.1) is 0 Å². The number of nitrogens with zero attached hydrogens (tertiary/aromatic N) is 2. The van der Waals surface area contributed by atoms with Crippen LogP contribution in [0.25, 0.3) is 0 Å². The van der Waals surface area contributed by atoms with Crippen LogP contribution in [-0.2, 0) is 6.54 Å². The largest absolute Gasteiger partial charge is 0.370 e. The molecule has 0 unspecified atom stereocenters. The van der Waals surface area contributed by atoms with Gasteiger partial charge in [-0.1, -0.05) is 30.3 Å². The first kappa shape index (κ1) is 16.0. The predicted molar refractivity (Wildman–Crippen MR) is 92.6 cm³/mol. The Balaban J connectivity index is 1.69. The van der Waals surface area contributed by atoms with Gasteiger partial charge in [-0.15, -0.1) is 0 Å². The summed E-state index contributed by atoms with van der Waals surface area (Å²) in [4.78, 5) is 6.74. The number of aryl methyl sites for hydroxylation is 1. The van der Waals surface area contributed by atoms with Crippen LogP contribution in [0.3, 0.4) is 0 Å². The monoisotopic (exact) mass is 347 g/mol. The number of nitrogens with one attached hydrogen (secondary N) is 1. The van der Waals surface area contributed by atoms with Crippen molar-refractivity contribution in [3.05, 3.63) is 58.2 Å². The molecule has 0 fully saturated rings. The average molecular weight is 348 g/mol. The first-order chi connectivity index (χ1) is 10.1. The van der Waals surface area contributed by atoms with Crippen molar-refractivity contribution >= 4 is 21.7 Å². The van der Waals surface area contributed by atoms with E-state index in [4.69, 9.17) is 0 Å². The van der Waals surface area contributed by atoms with Crippen LogP contribution in [0.5, 0.6) is 0 Å². The van der Waals surface area contributed by atoms with Crippen LogP contribution < -0.4 is 5.32 Å². The van der Waals surface area contributed by atoms with Crippen LogP contribution in [0, 0.1) is 6.92 Å². The summed E-state index contributed by atoms with van der Waals surface area (Å²) in [5.74, 6) is 0.976. The summed E-state index contributed by atoms with van der Waals surface area (Å²) in [5.41, 5.74) is 2.53. The second kappa shape index (κ2) is 8.15. The SMILES string of the molecule is Cc1cc(Br)cnc1NCCCN(C)Cc1ccccc1. The van der Waals surface area contributed by atoms with Crippen LogP contribution in [0.4, 0.5) is 5.82 Å². The lowest BCUT2D eigenvalue weighted by Crippen LogP contribution is -2.21. The van der Waals surface area contributed by atoms with E-state index in [0.717, 1.165) is 36.3 Å². The van der Waals surface area contributed by atoms with Gasteiger partial charge < -0.3 is 10.2 Å². The summed E-state index contributed by atoms with van der Waals surface area (Å²) in [6.07, 6.45) is 2.93. The van der Waals surface area contributed by atoms with Gasteiger partial charge in [0, 0.05) is 23.8 Å². The molecule has 0 saturated carbocycles. The molecule has 0 spiro atoms. The van der Waals surface area contributed by atoms with Gasteiger partial charge in [0.25, 0.3) is 0 Å². The number of benzene rings is 1. The van der Waals surface area contributed by atoms with Crippen molar-refractivity contribution in [2.45, 2.75) is 19.9 Å². The highest BCUT2D eigenvalue weighted by Gasteiger charge is 2.02. The Morgan fingerprint density at radius 3 is 2.71 bits per heavy atom. The number of aromatic nitrogens is 1. The van der Waals surface area contributed by atoms with E-state index in [2.05, 4.69) is 81.5 Å². The van der Waals surface area contributed by atoms with Crippen LogP contribution in [0.1, 0.15) is 17.5 Å². The maximum absolute atomic E-state index is 4.39. The number of pyridine rings is 1. The molecule has 0 aliphatic rings. The quantitative estimate of drug-likeness (QED) is 0.764. The van der Waals surface area contributed by atoms with Gasteiger partial charge in [-0.2, -0.15) is 0 Å². The second-order valence-corrected chi connectivity index (χ2v) is 6.24. The van der Waals surface area contributed by atoms with Crippen molar-refractivity contribution in [1.29, 1.82) is 0 Å². The zero-order chi connectivity index (χ0) is 15.1. The molecule has 112 valence electrons. The number of hydrogen-bond acceptors (Lipinski definition) is 3. The van der Waals surface area contributed by atoms with E-state index >= 15 is 0 Å². The molecule has 0 aliphatic carbocycles. The normalized spacial score (nSPS) is 10.9. The van der Waals surface area contributed by atoms with Gasteiger partial charge in [-0.25, -0.2) is 4.98 Å². The molecule has 4 heteroatoms. The molecule has 1 N–H and O–H groups in total. The number of halogens is 1. The molecule has 0 radical (unpaired) electrons. The highest BCUT2D eigenvalue weighted by molar-refractivity contribution is 9.10. The van der Waals surface area contributed by atoms with E-state index in [1.807, 2.05) is 6.20 Å². The third kappa shape index (κ3) is 5.48. The van der Waals surface area contributed by atoms with Crippen LogP contribution in [0.2, 0.25) is 0 Å². The molecule has 1 heterocycles. The molecule has 2 rings (SSSR count). The van der Waals surface area contributed by atoms with E-state index in [1.165, 1.54) is 11.1 Å². The maximum Gasteiger partial charge on any atom is 0.128 e. The molecule has 21 heavy (non-hydrogen) atoms. The molecular formula is C17H22BrN3. The number of rotatable bonds is 7. The van der Waals surface area contributed by atoms with Crippen LogP contribution in [0.15, 0.2) is 47.1 Å². The minimum atomic E-state index is 0.939. The smallest absolute Gasteiger partial charge is 0.128 e. The minimum Gasteiger partial charge on any atom is -0.370 e. The Hall–Kier alpha value is -1.39. The van der Waals surface area contributed by atoms with Crippen LogP contribution >= 0.6 is 15.9 Å². The Morgan fingerprint density at radius 2 is 2.00 bits per heavy atom. The topological polar surface area (TPSA) is 28.2 Å². The summed E-state index contributed by atoms with van der Waals surface area (Å²) in [7, 11) is 2.16. The summed E-state index contributed by atoms with van der Waals surface area (Å²) in [6, 6.07) is 12.7. The molecule has 2 aromatic rings. The predicted octanol–water partition coefficient (Wildman–Crippen LogP) is 4.09. The summed E-state index contributed by atoms with van der Waals surface area (Å²) < 4.78 is 1.02. The first-order valence-electron chi connectivity index (χ1n) is 7.23. The first-order valence-corrected chi connectivity index (χ1v) is 8.03. The lowest BCUT2D eigenvalue weighted by atomic mass is 10.2. The van der Waals surface area contributed by atoms with Crippen molar-refractivity contribution in [2.75, 3.05) is 25.5 Å². The lowest BCUT2D eigenvalue weighted by molar-refractivity contribution is 0.325. The Labute approximate surface area is 135 Å². The Kier molecular flexibility index (Phi) is 6.21.